The molecular formula is C16H21N5O3. The molecule has 0 aliphatic carbocycles. The number of aromatic nitrogens is 1. The second kappa shape index (κ2) is 5.74. The van der Waals surface area contributed by atoms with Crippen molar-refractivity contribution in [2.24, 2.45) is 0 Å². The van der Waals surface area contributed by atoms with Crippen LogP contribution in [0, 0.1) is 11.3 Å². The second-order valence-corrected chi connectivity index (χ2v) is 6.94. The van der Waals surface area contributed by atoms with Gasteiger partial charge in [0.2, 0.25) is 0 Å². The Balaban J connectivity index is 1.79. The predicted molar refractivity (Wildman–Crippen MR) is 87.8 cm³/mol. The lowest BCUT2D eigenvalue weighted by Gasteiger charge is -2.44. The summed E-state index contributed by atoms with van der Waals surface area (Å²) in [5.41, 5.74) is 5.89. The number of pyridine rings is 1. The first kappa shape index (κ1) is 16.2. The zero-order valence-corrected chi connectivity index (χ0v) is 14.1. The molecule has 8 heteroatoms. The number of carbonyl (C=O) groups is 1. The second-order valence-electron chi connectivity index (χ2n) is 6.94. The Morgan fingerprint density at radius 1 is 1.50 bits per heavy atom. The molecule has 0 radical (unpaired) electrons. The number of nitrogen functional groups attached to an aromatic ring is 1. The summed E-state index contributed by atoms with van der Waals surface area (Å²) in [7, 11) is 0. The lowest BCUT2D eigenvalue weighted by atomic mass is 10.1. The minimum Gasteiger partial charge on any atom is -0.486 e. The van der Waals surface area contributed by atoms with E-state index in [1.807, 2.05) is 20.8 Å². The van der Waals surface area contributed by atoms with Gasteiger partial charge < -0.3 is 25.0 Å². The third kappa shape index (κ3) is 2.89. The first-order valence-electron chi connectivity index (χ1n) is 7.86. The molecule has 0 saturated carbocycles. The fourth-order valence-corrected chi connectivity index (χ4v) is 2.90. The third-order valence-electron chi connectivity index (χ3n) is 3.98. The van der Waals surface area contributed by atoms with Gasteiger partial charge in [-0.05, 0) is 20.8 Å². The van der Waals surface area contributed by atoms with Crippen LogP contribution in [-0.4, -0.2) is 53.9 Å². The van der Waals surface area contributed by atoms with Gasteiger partial charge in [-0.1, -0.05) is 0 Å². The summed E-state index contributed by atoms with van der Waals surface area (Å²) in [5, 5.41) is 9.27. The van der Waals surface area contributed by atoms with Gasteiger partial charge in [-0.2, -0.15) is 5.26 Å². The van der Waals surface area contributed by atoms with E-state index in [-0.39, 0.29) is 12.1 Å². The Labute approximate surface area is 140 Å². The average molecular weight is 331 g/mol. The van der Waals surface area contributed by atoms with Crippen molar-refractivity contribution in [2.45, 2.75) is 32.4 Å². The highest BCUT2D eigenvalue weighted by Crippen LogP contribution is 2.38. The lowest BCUT2D eigenvalue weighted by Crippen LogP contribution is -2.59. The van der Waals surface area contributed by atoms with Crippen molar-refractivity contribution in [3.8, 4) is 11.8 Å². The van der Waals surface area contributed by atoms with Crippen molar-refractivity contribution in [3.63, 3.8) is 0 Å². The van der Waals surface area contributed by atoms with E-state index in [9.17, 15) is 10.1 Å². The Kier molecular flexibility index (Phi) is 3.87. The zero-order chi connectivity index (χ0) is 17.5. The molecule has 1 amide bonds. The zero-order valence-electron chi connectivity index (χ0n) is 14.1. The van der Waals surface area contributed by atoms with Crippen molar-refractivity contribution in [1.82, 2.24) is 9.88 Å². The molecule has 24 heavy (non-hydrogen) atoms. The summed E-state index contributed by atoms with van der Waals surface area (Å²) in [6.45, 7) is 7.52. The van der Waals surface area contributed by atoms with E-state index < -0.39 is 5.60 Å². The van der Waals surface area contributed by atoms with E-state index in [0.29, 0.717) is 49.1 Å². The van der Waals surface area contributed by atoms with Gasteiger partial charge >= 0.3 is 6.09 Å². The summed E-state index contributed by atoms with van der Waals surface area (Å²) < 4.78 is 11.2. The standard InChI is InChI=1S/C16H21N5O3/c1-16(2,3)24-15(22)20-4-5-21-10(8-20)9-23-13-11(6-17)12(18)7-19-14(13)21/h7,10H,4-5,8-9,18H2,1-3H3/t10-/m1/s1. The van der Waals surface area contributed by atoms with E-state index in [0.717, 1.165) is 0 Å². The van der Waals surface area contributed by atoms with Gasteiger partial charge in [-0.15, -0.1) is 0 Å². The number of nitrogens with zero attached hydrogens (tertiary/aromatic N) is 4. The Morgan fingerprint density at radius 3 is 2.92 bits per heavy atom. The monoisotopic (exact) mass is 331 g/mol. The van der Waals surface area contributed by atoms with Crippen LogP contribution in [-0.2, 0) is 4.74 Å². The Hall–Kier alpha value is -2.69. The number of carbonyl (C=O) groups excluding carboxylic acids is 1. The third-order valence-corrected chi connectivity index (χ3v) is 3.98. The molecule has 128 valence electrons. The largest absolute Gasteiger partial charge is 0.486 e. The number of anilines is 2. The van der Waals surface area contributed by atoms with Crippen LogP contribution in [0.25, 0.3) is 0 Å². The number of fused-ring (bicyclic) bond motifs is 3. The molecule has 1 aromatic rings. The summed E-state index contributed by atoms with van der Waals surface area (Å²) in [6, 6.07) is 2.04. The number of hydrogen-bond donors (Lipinski definition) is 1. The molecule has 1 fully saturated rings. The van der Waals surface area contributed by atoms with Crippen LogP contribution in [0.3, 0.4) is 0 Å². The van der Waals surface area contributed by atoms with Gasteiger partial charge in [0, 0.05) is 19.6 Å². The molecule has 2 aliphatic rings. The van der Waals surface area contributed by atoms with Gasteiger partial charge in [-0.3, -0.25) is 0 Å². The molecule has 8 nitrogen and oxygen atoms in total. The Morgan fingerprint density at radius 2 is 2.25 bits per heavy atom. The van der Waals surface area contributed by atoms with Crippen LogP contribution in [0.4, 0.5) is 16.3 Å². The van der Waals surface area contributed by atoms with Crippen LogP contribution in [0.5, 0.6) is 5.75 Å². The average Bonchev–Trinajstić information content (AvgIpc) is 2.52. The number of piperazine rings is 1. The molecule has 0 aromatic carbocycles. The molecule has 0 spiro atoms. The van der Waals surface area contributed by atoms with Crippen molar-refractivity contribution < 1.29 is 14.3 Å². The van der Waals surface area contributed by atoms with E-state index in [1.165, 1.54) is 6.20 Å². The maximum Gasteiger partial charge on any atom is 0.410 e. The van der Waals surface area contributed by atoms with Gasteiger partial charge in [0.1, 0.15) is 23.8 Å². The number of ether oxygens (including phenoxy) is 2. The molecule has 1 saturated heterocycles. The highest BCUT2D eigenvalue weighted by atomic mass is 16.6. The molecule has 3 heterocycles. The van der Waals surface area contributed by atoms with Crippen LogP contribution in [0.1, 0.15) is 26.3 Å². The predicted octanol–water partition coefficient (Wildman–Crippen LogP) is 1.35. The fourth-order valence-electron chi connectivity index (χ4n) is 2.90. The highest BCUT2D eigenvalue weighted by Gasteiger charge is 2.38. The molecular weight excluding hydrogens is 310 g/mol. The molecule has 3 rings (SSSR count). The lowest BCUT2D eigenvalue weighted by molar-refractivity contribution is 0.0194. The van der Waals surface area contributed by atoms with E-state index in [1.54, 1.807) is 4.90 Å². The summed E-state index contributed by atoms with van der Waals surface area (Å²) in [6.07, 6.45) is 1.15. The van der Waals surface area contributed by atoms with Gasteiger partial charge in [0.15, 0.2) is 11.6 Å². The van der Waals surface area contributed by atoms with Crippen LogP contribution in [0.15, 0.2) is 6.20 Å². The maximum absolute atomic E-state index is 12.2. The van der Waals surface area contributed by atoms with E-state index in [4.69, 9.17) is 15.2 Å². The van der Waals surface area contributed by atoms with E-state index >= 15 is 0 Å². The molecule has 2 aliphatic heterocycles. The summed E-state index contributed by atoms with van der Waals surface area (Å²) in [4.78, 5) is 20.3. The summed E-state index contributed by atoms with van der Waals surface area (Å²) >= 11 is 0. The summed E-state index contributed by atoms with van der Waals surface area (Å²) in [5.74, 6) is 1.04. The topological polar surface area (TPSA) is 105 Å². The van der Waals surface area contributed by atoms with Crippen molar-refractivity contribution in [1.29, 1.82) is 5.26 Å². The quantitative estimate of drug-likeness (QED) is 0.765. The first-order valence-corrected chi connectivity index (χ1v) is 7.86. The maximum atomic E-state index is 12.2. The molecule has 0 bridgehead atoms. The van der Waals surface area contributed by atoms with Crippen molar-refractivity contribution >= 4 is 17.6 Å². The number of nitrogens with two attached hydrogens (primary N) is 1. The molecule has 2 N–H and O–H groups in total. The fraction of sp³-hybridized carbons (Fsp3) is 0.562. The minimum atomic E-state index is -0.523. The highest BCUT2D eigenvalue weighted by molar-refractivity contribution is 5.72. The van der Waals surface area contributed by atoms with Gasteiger partial charge in [0.25, 0.3) is 0 Å². The number of nitriles is 1. The number of rotatable bonds is 0. The first-order chi connectivity index (χ1) is 11.3. The molecule has 1 atom stereocenters. The normalized spacial score (nSPS) is 19.7. The van der Waals surface area contributed by atoms with Crippen LogP contribution < -0.4 is 15.4 Å². The number of hydrogen-bond acceptors (Lipinski definition) is 7. The molecule has 0 unspecified atom stereocenters. The Bertz CT molecular complexity index is 707. The van der Waals surface area contributed by atoms with Gasteiger partial charge in [0.05, 0.1) is 17.9 Å². The van der Waals surface area contributed by atoms with Crippen LogP contribution in [0.2, 0.25) is 0 Å². The van der Waals surface area contributed by atoms with Crippen molar-refractivity contribution in [2.75, 3.05) is 36.9 Å². The SMILES string of the molecule is CC(C)(C)OC(=O)N1CCN2c3ncc(N)c(C#N)c3OC[C@H]2C1. The minimum absolute atomic E-state index is 0.0264. The number of amides is 1. The van der Waals surface area contributed by atoms with Crippen molar-refractivity contribution in [3.05, 3.63) is 11.8 Å². The van der Waals surface area contributed by atoms with Gasteiger partial charge in [-0.25, -0.2) is 9.78 Å². The smallest absolute Gasteiger partial charge is 0.410 e. The molecule has 1 aromatic heterocycles. The van der Waals surface area contributed by atoms with E-state index in [2.05, 4.69) is 16.0 Å². The van der Waals surface area contributed by atoms with Crippen LogP contribution >= 0.6 is 0 Å².